The molecule has 0 radical (unpaired) electrons. The molecule has 4 nitrogen and oxygen atoms in total. The largest absolute Gasteiger partial charge is 0.378 e. The molecule has 1 aromatic rings. The highest BCUT2D eigenvalue weighted by atomic mass is 15.1. The lowest BCUT2D eigenvalue weighted by Gasteiger charge is -2.23. The van der Waals surface area contributed by atoms with Gasteiger partial charge in [-0.25, -0.2) is 4.99 Å². The number of nitrogens with one attached hydrogen (secondary N) is 1. The minimum atomic E-state index is 0.517. The van der Waals surface area contributed by atoms with Crippen LogP contribution in [0.25, 0.3) is 0 Å². The highest BCUT2D eigenvalue weighted by Gasteiger charge is 2.13. The maximum absolute atomic E-state index is 5.96. The normalized spacial score (nSPS) is 17.0. The van der Waals surface area contributed by atoms with Crippen LogP contribution in [0, 0.1) is 0 Å². The van der Waals surface area contributed by atoms with Crippen LogP contribution in [0.15, 0.2) is 29.3 Å². The minimum absolute atomic E-state index is 0.517. The van der Waals surface area contributed by atoms with Gasteiger partial charge in [0.15, 0.2) is 5.96 Å². The molecule has 0 bridgehead atoms. The fraction of sp³-hybridized carbons (Fsp3) is 0.562. The van der Waals surface area contributed by atoms with Gasteiger partial charge in [0.2, 0.25) is 0 Å². The average Bonchev–Trinajstić information content (AvgIpc) is 2.46. The monoisotopic (exact) mass is 274 g/mol. The molecule has 0 atom stereocenters. The van der Waals surface area contributed by atoms with E-state index in [0.29, 0.717) is 18.5 Å². The van der Waals surface area contributed by atoms with E-state index in [1.165, 1.54) is 43.4 Å². The van der Waals surface area contributed by atoms with Gasteiger partial charge in [0, 0.05) is 25.8 Å². The van der Waals surface area contributed by atoms with E-state index in [0.717, 1.165) is 0 Å². The Balaban J connectivity index is 1.84. The number of hydrogen-bond donors (Lipinski definition) is 2. The van der Waals surface area contributed by atoms with Crippen molar-refractivity contribution >= 4 is 11.6 Å². The maximum atomic E-state index is 5.96. The van der Waals surface area contributed by atoms with E-state index in [1.54, 1.807) is 0 Å². The van der Waals surface area contributed by atoms with Crippen molar-refractivity contribution in [2.24, 2.45) is 10.7 Å². The SMILES string of the molecule is CN(C)c1ccc(CN=C(N)NC2CCCCC2)cc1. The van der Waals surface area contributed by atoms with E-state index < -0.39 is 0 Å². The molecule has 1 aliphatic rings. The van der Waals surface area contributed by atoms with Crippen LogP contribution in [0.3, 0.4) is 0 Å². The predicted octanol–water partition coefficient (Wildman–Crippen LogP) is 2.49. The lowest BCUT2D eigenvalue weighted by molar-refractivity contribution is 0.412. The van der Waals surface area contributed by atoms with E-state index in [9.17, 15) is 0 Å². The second-order valence-corrected chi connectivity index (χ2v) is 5.74. The Labute approximate surface area is 122 Å². The standard InChI is InChI=1S/C16H26N4/c1-20(2)15-10-8-13(9-11-15)12-18-16(17)19-14-6-4-3-5-7-14/h8-11,14H,3-7,12H2,1-2H3,(H3,17,18,19). The van der Waals surface area contributed by atoms with E-state index >= 15 is 0 Å². The number of nitrogens with two attached hydrogens (primary N) is 1. The first kappa shape index (κ1) is 14.7. The Bertz CT molecular complexity index is 430. The van der Waals surface area contributed by atoms with Gasteiger partial charge in [-0.05, 0) is 30.5 Å². The van der Waals surface area contributed by atoms with Crippen LogP contribution in [0.4, 0.5) is 5.69 Å². The van der Waals surface area contributed by atoms with Crippen LogP contribution in [0.1, 0.15) is 37.7 Å². The van der Waals surface area contributed by atoms with Crippen molar-refractivity contribution in [3.05, 3.63) is 29.8 Å². The zero-order valence-corrected chi connectivity index (χ0v) is 12.6. The molecule has 0 saturated heterocycles. The Morgan fingerprint density at radius 1 is 1.20 bits per heavy atom. The van der Waals surface area contributed by atoms with E-state index in [1.807, 2.05) is 14.1 Å². The van der Waals surface area contributed by atoms with Crippen molar-refractivity contribution in [2.75, 3.05) is 19.0 Å². The van der Waals surface area contributed by atoms with Gasteiger partial charge in [-0.2, -0.15) is 0 Å². The third kappa shape index (κ3) is 4.44. The number of hydrogen-bond acceptors (Lipinski definition) is 2. The highest BCUT2D eigenvalue weighted by Crippen LogP contribution is 2.17. The van der Waals surface area contributed by atoms with Gasteiger partial charge in [0.25, 0.3) is 0 Å². The molecule has 0 aromatic heterocycles. The van der Waals surface area contributed by atoms with Crippen LogP contribution < -0.4 is 16.0 Å². The molecule has 3 N–H and O–H groups in total. The van der Waals surface area contributed by atoms with Crippen LogP contribution in [-0.2, 0) is 6.54 Å². The number of guanidine groups is 1. The van der Waals surface area contributed by atoms with Gasteiger partial charge in [0.1, 0.15) is 0 Å². The summed E-state index contributed by atoms with van der Waals surface area (Å²) in [4.78, 5) is 6.52. The zero-order chi connectivity index (χ0) is 14.4. The van der Waals surface area contributed by atoms with E-state index in [4.69, 9.17) is 5.73 Å². The van der Waals surface area contributed by atoms with Crippen LogP contribution in [0.2, 0.25) is 0 Å². The molecule has 0 spiro atoms. The molecule has 0 aliphatic heterocycles. The Morgan fingerprint density at radius 3 is 2.45 bits per heavy atom. The molecule has 0 heterocycles. The van der Waals surface area contributed by atoms with Crippen LogP contribution >= 0.6 is 0 Å². The molecule has 1 aromatic carbocycles. The molecule has 0 amide bonds. The number of aliphatic imine (C=N–C) groups is 1. The molecule has 20 heavy (non-hydrogen) atoms. The van der Waals surface area contributed by atoms with Gasteiger partial charge in [-0.3, -0.25) is 0 Å². The lowest BCUT2D eigenvalue weighted by Crippen LogP contribution is -2.41. The molecule has 1 fully saturated rings. The summed E-state index contributed by atoms with van der Waals surface area (Å²) in [5, 5.41) is 3.34. The van der Waals surface area contributed by atoms with Crippen molar-refractivity contribution in [1.29, 1.82) is 0 Å². The summed E-state index contributed by atoms with van der Waals surface area (Å²) in [7, 11) is 4.08. The van der Waals surface area contributed by atoms with Crippen molar-refractivity contribution in [1.82, 2.24) is 5.32 Å². The first-order chi connectivity index (χ1) is 9.65. The van der Waals surface area contributed by atoms with Crippen LogP contribution in [-0.4, -0.2) is 26.1 Å². The second kappa shape index (κ2) is 7.17. The van der Waals surface area contributed by atoms with Gasteiger partial charge < -0.3 is 16.0 Å². The summed E-state index contributed by atoms with van der Waals surface area (Å²) < 4.78 is 0. The van der Waals surface area contributed by atoms with Crippen molar-refractivity contribution in [3.8, 4) is 0 Å². The van der Waals surface area contributed by atoms with Gasteiger partial charge in [0.05, 0.1) is 6.54 Å². The van der Waals surface area contributed by atoms with Gasteiger partial charge in [-0.15, -0.1) is 0 Å². The fourth-order valence-corrected chi connectivity index (χ4v) is 2.58. The van der Waals surface area contributed by atoms with Crippen molar-refractivity contribution in [2.45, 2.75) is 44.7 Å². The third-order valence-electron chi connectivity index (χ3n) is 3.84. The molecular formula is C16H26N4. The molecule has 1 saturated carbocycles. The smallest absolute Gasteiger partial charge is 0.189 e. The topological polar surface area (TPSA) is 53.6 Å². The molecule has 0 unspecified atom stereocenters. The quantitative estimate of drug-likeness (QED) is 0.655. The predicted molar refractivity (Wildman–Crippen MR) is 86.1 cm³/mol. The van der Waals surface area contributed by atoms with E-state index in [2.05, 4.69) is 39.5 Å². The number of benzene rings is 1. The number of nitrogens with zero attached hydrogens (tertiary/aromatic N) is 2. The summed E-state index contributed by atoms with van der Waals surface area (Å²) >= 11 is 0. The van der Waals surface area contributed by atoms with Crippen LogP contribution in [0.5, 0.6) is 0 Å². The molecular weight excluding hydrogens is 248 g/mol. The van der Waals surface area contributed by atoms with Crippen molar-refractivity contribution in [3.63, 3.8) is 0 Å². The lowest BCUT2D eigenvalue weighted by atomic mass is 9.96. The van der Waals surface area contributed by atoms with Gasteiger partial charge in [-0.1, -0.05) is 31.4 Å². The summed E-state index contributed by atoms with van der Waals surface area (Å²) in [5.41, 5.74) is 8.35. The molecule has 4 heteroatoms. The average molecular weight is 274 g/mol. The first-order valence-corrected chi connectivity index (χ1v) is 7.48. The summed E-state index contributed by atoms with van der Waals surface area (Å²) in [6, 6.07) is 8.94. The van der Waals surface area contributed by atoms with Gasteiger partial charge >= 0.3 is 0 Å². The molecule has 1 aliphatic carbocycles. The first-order valence-electron chi connectivity index (χ1n) is 7.48. The Hall–Kier alpha value is -1.71. The summed E-state index contributed by atoms with van der Waals surface area (Å²) in [6.45, 7) is 0.638. The number of rotatable bonds is 4. The highest BCUT2D eigenvalue weighted by molar-refractivity contribution is 5.78. The Kier molecular flexibility index (Phi) is 5.27. The molecule has 110 valence electrons. The summed E-state index contributed by atoms with van der Waals surface area (Å²) in [5.74, 6) is 0.577. The van der Waals surface area contributed by atoms with Crippen molar-refractivity contribution < 1.29 is 0 Å². The maximum Gasteiger partial charge on any atom is 0.189 e. The Morgan fingerprint density at radius 2 is 1.85 bits per heavy atom. The number of anilines is 1. The molecule has 2 rings (SSSR count). The third-order valence-corrected chi connectivity index (χ3v) is 3.84. The fourth-order valence-electron chi connectivity index (χ4n) is 2.58. The second-order valence-electron chi connectivity index (χ2n) is 5.74. The van der Waals surface area contributed by atoms with E-state index in [-0.39, 0.29) is 0 Å². The summed E-state index contributed by atoms with van der Waals surface area (Å²) in [6.07, 6.45) is 6.39. The minimum Gasteiger partial charge on any atom is -0.378 e. The zero-order valence-electron chi connectivity index (χ0n) is 12.6.